The molecule has 2 aromatic carbocycles. The third-order valence-corrected chi connectivity index (χ3v) is 3.58. The first-order valence-electron chi connectivity index (χ1n) is 7.46. The van der Waals surface area contributed by atoms with E-state index in [1.54, 1.807) is 18.3 Å². The maximum Gasteiger partial charge on any atom is 0.226 e. The zero-order valence-corrected chi connectivity index (χ0v) is 12.6. The van der Waals surface area contributed by atoms with Gasteiger partial charge in [0.05, 0.1) is 5.52 Å². The maximum atomic E-state index is 13.3. The van der Waals surface area contributed by atoms with Crippen molar-refractivity contribution < 1.29 is 13.5 Å². The molecule has 0 amide bonds. The highest BCUT2D eigenvalue weighted by molar-refractivity contribution is 5.79. The second-order valence-corrected chi connectivity index (χ2v) is 5.30. The van der Waals surface area contributed by atoms with Gasteiger partial charge >= 0.3 is 0 Å². The quantitative estimate of drug-likeness (QED) is 0.551. The van der Waals surface area contributed by atoms with Crippen LogP contribution in [0.1, 0.15) is 5.69 Å². The number of pyridine rings is 1. The number of aromatic nitrogens is 2. The molecule has 118 valence electrons. The number of oxazole rings is 1. The Balaban J connectivity index is 1.49. The zero-order chi connectivity index (χ0) is 16.4. The second-order valence-electron chi connectivity index (χ2n) is 5.30. The van der Waals surface area contributed by atoms with Crippen molar-refractivity contribution in [3.63, 3.8) is 0 Å². The molecule has 0 saturated carbocycles. The SMILES string of the molecule is Fc1cccc(-c2nc(COc3ccc4ncccc4c3)co2)c1. The number of hydrogen-bond donors (Lipinski definition) is 0. The van der Waals surface area contributed by atoms with Gasteiger partial charge in [0.1, 0.15) is 30.1 Å². The molecule has 0 radical (unpaired) electrons. The fraction of sp³-hybridized carbons (Fsp3) is 0.0526. The normalized spacial score (nSPS) is 10.9. The molecule has 4 aromatic rings. The van der Waals surface area contributed by atoms with E-state index in [1.807, 2.05) is 30.3 Å². The first-order valence-corrected chi connectivity index (χ1v) is 7.46. The van der Waals surface area contributed by atoms with Crippen LogP contribution in [0.4, 0.5) is 4.39 Å². The van der Waals surface area contributed by atoms with Crippen molar-refractivity contribution in [2.75, 3.05) is 0 Å². The number of hydrogen-bond acceptors (Lipinski definition) is 4. The van der Waals surface area contributed by atoms with E-state index in [4.69, 9.17) is 9.15 Å². The Morgan fingerprint density at radius 2 is 2.00 bits per heavy atom. The topological polar surface area (TPSA) is 48.2 Å². The number of benzene rings is 2. The molecule has 4 rings (SSSR count). The Morgan fingerprint density at radius 3 is 2.92 bits per heavy atom. The van der Waals surface area contributed by atoms with Gasteiger partial charge < -0.3 is 9.15 Å². The van der Waals surface area contributed by atoms with Gasteiger partial charge in [-0.25, -0.2) is 9.37 Å². The predicted molar refractivity (Wildman–Crippen MR) is 88.0 cm³/mol. The predicted octanol–water partition coefficient (Wildman–Crippen LogP) is 4.61. The highest BCUT2D eigenvalue weighted by Crippen LogP contribution is 2.22. The fourth-order valence-corrected chi connectivity index (χ4v) is 2.43. The lowest BCUT2D eigenvalue weighted by Gasteiger charge is -2.05. The minimum absolute atomic E-state index is 0.268. The smallest absolute Gasteiger partial charge is 0.226 e. The van der Waals surface area contributed by atoms with E-state index in [2.05, 4.69) is 9.97 Å². The number of fused-ring (bicyclic) bond motifs is 1. The van der Waals surface area contributed by atoms with Gasteiger partial charge in [-0.05, 0) is 42.5 Å². The minimum Gasteiger partial charge on any atom is -0.487 e. The summed E-state index contributed by atoms with van der Waals surface area (Å²) in [5.41, 5.74) is 2.15. The summed E-state index contributed by atoms with van der Waals surface area (Å²) in [5.74, 6) is 0.773. The molecule has 0 unspecified atom stereocenters. The number of halogens is 1. The second kappa shape index (κ2) is 6.12. The highest BCUT2D eigenvalue weighted by Gasteiger charge is 2.08. The molecule has 2 heterocycles. The average molecular weight is 320 g/mol. The molecular formula is C19H13FN2O2. The van der Waals surface area contributed by atoms with E-state index >= 15 is 0 Å². The molecule has 0 saturated heterocycles. The molecule has 0 aliphatic carbocycles. The van der Waals surface area contributed by atoms with Crippen molar-refractivity contribution in [1.29, 1.82) is 0 Å². The molecule has 0 bridgehead atoms. The Kier molecular flexibility index (Phi) is 3.67. The molecular weight excluding hydrogens is 307 g/mol. The van der Waals surface area contributed by atoms with E-state index in [0.29, 0.717) is 17.1 Å². The van der Waals surface area contributed by atoms with Gasteiger partial charge in [-0.1, -0.05) is 12.1 Å². The van der Waals surface area contributed by atoms with E-state index in [9.17, 15) is 4.39 Å². The molecule has 0 fully saturated rings. The van der Waals surface area contributed by atoms with Gasteiger partial charge in [0, 0.05) is 17.1 Å². The summed E-state index contributed by atoms with van der Waals surface area (Å²) in [6.07, 6.45) is 3.27. The Labute approximate surface area is 137 Å². The molecule has 4 nitrogen and oxygen atoms in total. The lowest BCUT2D eigenvalue weighted by atomic mass is 10.2. The lowest BCUT2D eigenvalue weighted by Crippen LogP contribution is -1.96. The Morgan fingerprint density at radius 1 is 1.04 bits per heavy atom. The maximum absolute atomic E-state index is 13.3. The van der Waals surface area contributed by atoms with Gasteiger partial charge in [0.25, 0.3) is 0 Å². The Hall–Kier alpha value is -3.21. The van der Waals surface area contributed by atoms with E-state index in [-0.39, 0.29) is 12.4 Å². The van der Waals surface area contributed by atoms with Crippen molar-refractivity contribution in [3.05, 3.63) is 78.6 Å². The molecule has 0 spiro atoms. The molecule has 24 heavy (non-hydrogen) atoms. The third kappa shape index (κ3) is 2.96. The summed E-state index contributed by atoms with van der Waals surface area (Å²) >= 11 is 0. The van der Waals surface area contributed by atoms with E-state index < -0.39 is 0 Å². The van der Waals surface area contributed by atoms with Crippen LogP contribution in [-0.2, 0) is 6.61 Å². The minimum atomic E-state index is -0.326. The zero-order valence-electron chi connectivity index (χ0n) is 12.6. The van der Waals surface area contributed by atoms with Crippen molar-refractivity contribution >= 4 is 10.9 Å². The summed E-state index contributed by atoms with van der Waals surface area (Å²) in [6.45, 7) is 0.268. The third-order valence-electron chi connectivity index (χ3n) is 3.58. The number of rotatable bonds is 4. The molecule has 0 aliphatic rings. The van der Waals surface area contributed by atoms with E-state index in [1.165, 1.54) is 18.4 Å². The number of ether oxygens (including phenoxy) is 1. The summed E-state index contributed by atoms with van der Waals surface area (Å²) < 4.78 is 24.4. The first kappa shape index (κ1) is 14.4. The van der Waals surface area contributed by atoms with Crippen LogP contribution in [0.15, 0.2) is 71.5 Å². The summed E-state index contributed by atoms with van der Waals surface area (Å²) in [5, 5.41) is 1.01. The van der Waals surface area contributed by atoms with Gasteiger partial charge in [-0.15, -0.1) is 0 Å². The van der Waals surface area contributed by atoms with Crippen LogP contribution < -0.4 is 4.74 Å². The summed E-state index contributed by atoms with van der Waals surface area (Å²) in [7, 11) is 0. The molecule has 2 aromatic heterocycles. The number of nitrogens with zero attached hydrogens (tertiary/aromatic N) is 2. The van der Waals surface area contributed by atoms with Crippen molar-refractivity contribution in [3.8, 4) is 17.2 Å². The highest BCUT2D eigenvalue weighted by atomic mass is 19.1. The Bertz CT molecular complexity index is 997. The average Bonchev–Trinajstić information content (AvgIpc) is 3.09. The van der Waals surface area contributed by atoms with Gasteiger partial charge in [0.2, 0.25) is 5.89 Å². The summed E-state index contributed by atoms with van der Waals surface area (Å²) in [6, 6.07) is 15.7. The molecule has 0 aliphatic heterocycles. The van der Waals surface area contributed by atoms with Gasteiger partial charge in [0.15, 0.2) is 0 Å². The first-order chi connectivity index (χ1) is 11.8. The van der Waals surface area contributed by atoms with Crippen molar-refractivity contribution in [1.82, 2.24) is 9.97 Å². The van der Waals surface area contributed by atoms with Crippen LogP contribution in [0, 0.1) is 5.82 Å². The van der Waals surface area contributed by atoms with Crippen LogP contribution in [-0.4, -0.2) is 9.97 Å². The molecule has 0 atom stereocenters. The van der Waals surface area contributed by atoms with Crippen LogP contribution in [0.5, 0.6) is 5.75 Å². The monoisotopic (exact) mass is 320 g/mol. The fourth-order valence-electron chi connectivity index (χ4n) is 2.43. The van der Waals surface area contributed by atoms with Crippen molar-refractivity contribution in [2.45, 2.75) is 6.61 Å². The molecule has 0 N–H and O–H groups in total. The van der Waals surface area contributed by atoms with Crippen LogP contribution in [0.25, 0.3) is 22.4 Å². The van der Waals surface area contributed by atoms with Crippen LogP contribution in [0.3, 0.4) is 0 Å². The van der Waals surface area contributed by atoms with E-state index in [0.717, 1.165) is 16.7 Å². The lowest BCUT2D eigenvalue weighted by molar-refractivity contribution is 0.301. The van der Waals surface area contributed by atoms with Crippen LogP contribution >= 0.6 is 0 Å². The van der Waals surface area contributed by atoms with Gasteiger partial charge in [-0.2, -0.15) is 0 Å². The summed E-state index contributed by atoms with van der Waals surface area (Å²) in [4.78, 5) is 8.60. The van der Waals surface area contributed by atoms with Crippen LogP contribution in [0.2, 0.25) is 0 Å². The molecule has 5 heteroatoms. The van der Waals surface area contributed by atoms with Gasteiger partial charge in [-0.3, -0.25) is 4.98 Å². The standard InChI is InChI=1S/C19H13FN2O2/c20-15-5-1-3-14(9-15)19-22-16(12-24-19)11-23-17-6-7-18-13(10-17)4-2-8-21-18/h1-10,12H,11H2. The van der Waals surface area contributed by atoms with Crippen molar-refractivity contribution in [2.24, 2.45) is 0 Å². The largest absolute Gasteiger partial charge is 0.487 e.